The van der Waals surface area contributed by atoms with Crippen LogP contribution in [0.5, 0.6) is 0 Å². The maximum Gasteiger partial charge on any atom is 0.141 e. The van der Waals surface area contributed by atoms with Gasteiger partial charge in [-0.05, 0) is 81.7 Å². The van der Waals surface area contributed by atoms with Crippen LogP contribution in [0.15, 0.2) is 122 Å². The standard InChI is InChI=1S/C36H28N6/c37-20-8-9-25(18-21-38)34-16-7-17-35(42-34)36-31-13-3-1-11-29(31)28(30-12-2-4-14-32(30)36)10-5-6-15-33(40)26-19-22-41-27(23-26)24-39/h1-7,9,11-19,21-23H,8,10,38,40H2/b6-5-,21-18-,25-9+,33-15-. The molecule has 5 aromatic rings. The predicted octanol–water partition coefficient (Wildman–Crippen LogP) is 7.19. The van der Waals surface area contributed by atoms with Crippen LogP contribution >= 0.6 is 0 Å². The number of pyridine rings is 2. The molecule has 0 saturated carbocycles. The molecule has 42 heavy (non-hydrogen) atoms. The van der Waals surface area contributed by atoms with Crippen molar-refractivity contribution in [3.05, 3.63) is 144 Å². The van der Waals surface area contributed by atoms with Gasteiger partial charge < -0.3 is 11.5 Å². The summed E-state index contributed by atoms with van der Waals surface area (Å²) in [6.07, 6.45) is 13.5. The molecule has 0 fully saturated rings. The fourth-order valence-corrected chi connectivity index (χ4v) is 5.09. The number of nitriles is 2. The van der Waals surface area contributed by atoms with E-state index in [2.05, 4.69) is 53.5 Å². The number of nitrogens with two attached hydrogens (primary N) is 2. The molecule has 202 valence electrons. The molecule has 0 spiro atoms. The van der Waals surface area contributed by atoms with Crippen molar-refractivity contribution in [1.29, 1.82) is 10.5 Å². The van der Waals surface area contributed by atoms with Gasteiger partial charge in [0.2, 0.25) is 0 Å². The minimum atomic E-state index is 0.268. The van der Waals surface area contributed by atoms with Gasteiger partial charge in [-0.1, -0.05) is 72.8 Å². The van der Waals surface area contributed by atoms with Crippen LogP contribution in [0.3, 0.4) is 0 Å². The number of aromatic nitrogens is 2. The zero-order valence-corrected chi connectivity index (χ0v) is 22.9. The highest BCUT2D eigenvalue weighted by atomic mass is 14.7. The Balaban J connectivity index is 1.59. The summed E-state index contributed by atoms with van der Waals surface area (Å²) in [5, 5.41) is 22.7. The quantitative estimate of drug-likeness (QED) is 0.157. The van der Waals surface area contributed by atoms with Crippen LogP contribution in [-0.4, -0.2) is 9.97 Å². The van der Waals surface area contributed by atoms with Gasteiger partial charge in [0.1, 0.15) is 11.8 Å². The maximum atomic E-state index is 9.13. The molecule has 0 radical (unpaired) electrons. The molecule has 0 aliphatic heterocycles. The summed E-state index contributed by atoms with van der Waals surface area (Å²) in [7, 11) is 0. The van der Waals surface area contributed by atoms with Gasteiger partial charge in [-0.2, -0.15) is 10.5 Å². The van der Waals surface area contributed by atoms with Crippen molar-refractivity contribution in [2.45, 2.75) is 12.8 Å². The van der Waals surface area contributed by atoms with Crippen molar-refractivity contribution in [3.63, 3.8) is 0 Å². The third-order valence-corrected chi connectivity index (χ3v) is 6.97. The molecule has 0 unspecified atom stereocenters. The van der Waals surface area contributed by atoms with E-state index in [9.17, 15) is 0 Å². The zero-order chi connectivity index (χ0) is 29.3. The molecule has 2 heterocycles. The molecule has 6 nitrogen and oxygen atoms in total. The molecule has 0 amide bonds. The summed E-state index contributed by atoms with van der Waals surface area (Å²) < 4.78 is 0. The first-order valence-corrected chi connectivity index (χ1v) is 13.5. The van der Waals surface area contributed by atoms with Crippen LogP contribution in [-0.2, 0) is 6.42 Å². The largest absolute Gasteiger partial charge is 0.405 e. The number of hydrogen-bond acceptors (Lipinski definition) is 6. The maximum absolute atomic E-state index is 9.13. The third-order valence-electron chi connectivity index (χ3n) is 6.97. The molecule has 5 rings (SSSR count). The van der Waals surface area contributed by atoms with E-state index in [1.54, 1.807) is 24.4 Å². The molecule has 3 aromatic carbocycles. The normalized spacial score (nSPS) is 12.2. The molecular weight excluding hydrogens is 516 g/mol. The molecule has 0 saturated heterocycles. The minimum Gasteiger partial charge on any atom is -0.405 e. The second-order valence-electron chi connectivity index (χ2n) is 9.53. The topological polar surface area (TPSA) is 125 Å². The third kappa shape index (κ3) is 5.79. The van der Waals surface area contributed by atoms with Crippen LogP contribution in [0, 0.1) is 22.7 Å². The second kappa shape index (κ2) is 12.9. The summed E-state index contributed by atoms with van der Waals surface area (Å²) in [6.45, 7) is 0. The Hall–Kier alpha value is -5.98. The Kier molecular flexibility index (Phi) is 8.48. The average molecular weight is 545 g/mol. The van der Waals surface area contributed by atoms with Crippen molar-refractivity contribution in [3.8, 4) is 23.4 Å². The number of nitrogens with zero attached hydrogens (tertiary/aromatic N) is 4. The van der Waals surface area contributed by atoms with E-state index >= 15 is 0 Å². The van der Waals surface area contributed by atoms with E-state index in [1.807, 2.05) is 54.6 Å². The molecule has 0 aliphatic rings. The highest BCUT2D eigenvalue weighted by Crippen LogP contribution is 2.39. The van der Waals surface area contributed by atoms with Gasteiger partial charge in [-0.3, -0.25) is 0 Å². The van der Waals surface area contributed by atoms with Gasteiger partial charge in [0.25, 0.3) is 0 Å². The molecule has 2 aromatic heterocycles. The molecule has 0 aliphatic carbocycles. The molecule has 0 atom stereocenters. The van der Waals surface area contributed by atoms with Gasteiger partial charge in [-0.25, -0.2) is 9.97 Å². The van der Waals surface area contributed by atoms with E-state index in [4.69, 9.17) is 27.0 Å². The summed E-state index contributed by atoms with van der Waals surface area (Å²) >= 11 is 0. The van der Waals surface area contributed by atoms with Crippen LogP contribution < -0.4 is 11.5 Å². The Morgan fingerprint density at radius 1 is 0.881 bits per heavy atom. The molecular formula is C36H28N6. The van der Waals surface area contributed by atoms with E-state index < -0.39 is 0 Å². The van der Waals surface area contributed by atoms with Gasteiger partial charge >= 0.3 is 0 Å². The molecule has 0 bridgehead atoms. The SMILES string of the molecule is N#CC/C=C(\C=C/N)c1cccc(-c2c3ccccc3c(C/C=C\C=C(/N)c3ccnc(C#N)c3)c3ccccc23)n1. The van der Waals surface area contributed by atoms with Crippen LogP contribution in [0.4, 0.5) is 0 Å². The number of fused-ring (bicyclic) bond motifs is 2. The summed E-state index contributed by atoms with van der Waals surface area (Å²) in [6, 6.07) is 30.4. The van der Waals surface area contributed by atoms with E-state index in [-0.39, 0.29) is 6.42 Å². The van der Waals surface area contributed by atoms with Crippen LogP contribution in [0.1, 0.15) is 28.9 Å². The Morgan fingerprint density at radius 2 is 1.60 bits per heavy atom. The minimum absolute atomic E-state index is 0.268. The van der Waals surface area contributed by atoms with Gasteiger partial charge in [0, 0.05) is 23.0 Å². The number of rotatable bonds is 8. The number of hydrogen-bond donors (Lipinski definition) is 2. The highest BCUT2D eigenvalue weighted by Gasteiger charge is 2.16. The van der Waals surface area contributed by atoms with Crippen molar-refractivity contribution >= 4 is 32.8 Å². The van der Waals surface area contributed by atoms with E-state index in [1.165, 1.54) is 11.8 Å². The Bertz CT molecular complexity index is 1930. The van der Waals surface area contributed by atoms with Crippen molar-refractivity contribution in [2.24, 2.45) is 11.5 Å². The van der Waals surface area contributed by atoms with Crippen LogP contribution in [0.25, 0.3) is 44.1 Å². The Labute approximate surface area is 244 Å². The fourth-order valence-electron chi connectivity index (χ4n) is 5.09. The van der Waals surface area contributed by atoms with Crippen molar-refractivity contribution in [1.82, 2.24) is 9.97 Å². The van der Waals surface area contributed by atoms with Gasteiger partial charge in [0.15, 0.2) is 0 Å². The smallest absolute Gasteiger partial charge is 0.141 e. The fraction of sp³-hybridized carbons (Fsp3) is 0.0556. The van der Waals surface area contributed by atoms with Crippen LogP contribution in [0.2, 0.25) is 0 Å². The second-order valence-corrected chi connectivity index (χ2v) is 9.53. The number of benzene rings is 3. The lowest BCUT2D eigenvalue weighted by Gasteiger charge is -2.16. The summed E-state index contributed by atoms with van der Waals surface area (Å²) in [4.78, 5) is 9.04. The van der Waals surface area contributed by atoms with Crippen molar-refractivity contribution < 1.29 is 0 Å². The molecule has 6 heteroatoms. The molecule has 4 N–H and O–H groups in total. The summed E-state index contributed by atoms with van der Waals surface area (Å²) in [5.41, 5.74) is 18.3. The monoisotopic (exact) mass is 544 g/mol. The lowest BCUT2D eigenvalue weighted by Crippen LogP contribution is -1.97. The lowest BCUT2D eigenvalue weighted by atomic mass is 9.88. The van der Waals surface area contributed by atoms with E-state index in [0.29, 0.717) is 17.8 Å². The zero-order valence-electron chi connectivity index (χ0n) is 22.9. The predicted molar refractivity (Wildman–Crippen MR) is 170 cm³/mol. The average Bonchev–Trinajstić information content (AvgIpc) is 3.04. The van der Waals surface area contributed by atoms with E-state index in [0.717, 1.165) is 49.6 Å². The van der Waals surface area contributed by atoms with Crippen molar-refractivity contribution in [2.75, 3.05) is 0 Å². The lowest BCUT2D eigenvalue weighted by molar-refractivity contribution is 1.25. The van der Waals surface area contributed by atoms with Gasteiger partial charge in [-0.15, -0.1) is 0 Å². The first-order chi connectivity index (χ1) is 20.6. The summed E-state index contributed by atoms with van der Waals surface area (Å²) in [5.74, 6) is 0. The van der Waals surface area contributed by atoms with Gasteiger partial charge in [0.05, 0.1) is 23.9 Å². The Morgan fingerprint density at radius 3 is 2.26 bits per heavy atom. The first kappa shape index (κ1) is 27.6. The first-order valence-electron chi connectivity index (χ1n) is 13.5. The number of allylic oxidation sites excluding steroid dienone is 6. The highest BCUT2D eigenvalue weighted by molar-refractivity contribution is 6.14.